The van der Waals surface area contributed by atoms with Crippen LogP contribution in [0.25, 0.3) is 0 Å². The molecule has 0 aromatic heterocycles. The molecule has 0 spiro atoms. The highest BCUT2D eigenvalue weighted by Gasteiger charge is 2.24. The molecule has 0 radical (unpaired) electrons. The molecule has 5 nitrogen and oxygen atoms in total. The number of amides is 1. The van der Waals surface area contributed by atoms with Gasteiger partial charge in [-0.25, -0.2) is 4.39 Å². The minimum atomic E-state index is -0.355. The molecule has 2 aromatic rings. The van der Waals surface area contributed by atoms with Gasteiger partial charge in [0.2, 0.25) is 0 Å². The summed E-state index contributed by atoms with van der Waals surface area (Å²) < 4.78 is 13.1. The van der Waals surface area contributed by atoms with Gasteiger partial charge in [0.05, 0.1) is 10.7 Å². The number of piperazine rings is 1. The van der Waals surface area contributed by atoms with E-state index in [-0.39, 0.29) is 17.3 Å². The largest absolute Gasteiger partial charge is 0.368 e. The Morgan fingerprint density at radius 2 is 1.79 bits per heavy atom. The molecule has 1 saturated heterocycles. The molecule has 2 aromatic carbocycles. The average molecular weight is 419 g/mol. The minimum absolute atomic E-state index is 0.0220. The number of nitriles is 1. The van der Waals surface area contributed by atoms with Crippen LogP contribution in [0.2, 0.25) is 10.0 Å². The summed E-state index contributed by atoms with van der Waals surface area (Å²) in [5.74, 6) is -0.638. The molecule has 8 heteroatoms. The fourth-order valence-corrected chi connectivity index (χ4v) is 3.23. The number of nitrogens with zero attached hydrogens (tertiary/aromatic N) is 3. The van der Waals surface area contributed by atoms with Gasteiger partial charge in [-0.15, -0.1) is 0 Å². The van der Waals surface area contributed by atoms with Crippen LogP contribution in [0, 0.1) is 17.1 Å². The summed E-state index contributed by atoms with van der Waals surface area (Å²) in [6.45, 7) is 2.13. The quantitative estimate of drug-likeness (QED) is 0.593. The van der Waals surface area contributed by atoms with Crippen LogP contribution in [0.4, 0.5) is 15.8 Å². The molecule has 0 saturated carbocycles. The summed E-state index contributed by atoms with van der Waals surface area (Å²) in [6.07, 6.45) is 1.34. The molecule has 0 unspecified atom stereocenters. The van der Waals surface area contributed by atoms with Crippen molar-refractivity contribution in [3.8, 4) is 6.07 Å². The normalized spacial score (nSPS) is 14.6. The van der Waals surface area contributed by atoms with Crippen LogP contribution in [0.15, 0.2) is 54.2 Å². The molecule has 0 atom stereocenters. The molecule has 28 heavy (non-hydrogen) atoms. The van der Waals surface area contributed by atoms with Crippen LogP contribution in [0.1, 0.15) is 0 Å². The van der Waals surface area contributed by atoms with Crippen molar-refractivity contribution in [2.75, 3.05) is 36.4 Å². The van der Waals surface area contributed by atoms with Crippen molar-refractivity contribution in [2.45, 2.75) is 0 Å². The van der Waals surface area contributed by atoms with E-state index in [2.05, 4.69) is 10.2 Å². The summed E-state index contributed by atoms with van der Waals surface area (Å²) in [5, 5.41) is 13.2. The van der Waals surface area contributed by atoms with E-state index >= 15 is 0 Å². The number of rotatable bonds is 4. The Morgan fingerprint density at radius 3 is 2.43 bits per heavy atom. The van der Waals surface area contributed by atoms with E-state index in [4.69, 9.17) is 23.2 Å². The number of carbonyl (C=O) groups is 1. The Bertz CT molecular complexity index is 932. The second kappa shape index (κ2) is 8.96. The van der Waals surface area contributed by atoms with Crippen LogP contribution in [-0.4, -0.2) is 37.0 Å². The van der Waals surface area contributed by atoms with Crippen molar-refractivity contribution in [3.05, 3.63) is 70.1 Å². The molecule has 1 aliphatic rings. The van der Waals surface area contributed by atoms with E-state index in [0.29, 0.717) is 41.9 Å². The van der Waals surface area contributed by atoms with Gasteiger partial charge in [-0.3, -0.25) is 4.79 Å². The van der Waals surface area contributed by atoms with E-state index in [1.165, 1.54) is 18.3 Å². The van der Waals surface area contributed by atoms with Gasteiger partial charge in [-0.1, -0.05) is 23.2 Å². The first kappa shape index (κ1) is 20.0. The summed E-state index contributed by atoms with van der Waals surface area (Å²) in [4.78, 5) is 16.4. The lowest BCUT2D eigenvalue weighted by atomic mass is 10.2. The van der Waals surface area contributed by atoms with Crippen LogP contribution in [-0.2, 0) is 4.79 Å². The van der Waals surface area contributed by atoms with Gasteiger partial charge in [0.25, 0.3) is 5.91 Å². The number of nitrogens with one attached hydrogen (secondary N) is 1. The number of hydrogen-bond donors (Lipinski definition) is 1. The van der Waals surface area contributed by atoms with Gasteiger partial charge in [0, 0.05) is 43.1 Å². The lowest BCUT2D eigenvalue weighted by Gasteiger charge is -2.36. The molecule has 0 aliphatic carbocycles. The van der Waals surface area contributed by atoms with E-state index < -0.39 is 0 Å². The second-order valence-corrected chi connectivity index (χ2v) is 7.04. The molecular formula is C20H17Cl2FN4O. The van der Waals surface area contributed by atoms with Gasteiger partial charge in [-0.2, -0.15) is 5.26 Å². The van der Waals surface area contributed by atoms with Gasteiger partial charge in [-0.05, 0) is 42.5 Å². The van der Waals surface area contributed by atoms with Crippen LogP contribution >= 0.6 is 23.2 Å². The molecule has 1 aliphatic heterocycles. The van der Waals surface area contributed by atoms with Crippen LogP contribution < -0.4 is 10.2 Å². The first-order valence-corrected chi connectivity index (χ1v) is 9.35. The standard InChI is InChI=1S/C20H17Cl2FN4O/c21-15-1-6-18(22)19(11-15)25-13-14(12-24)20(28)27-9-7-26(8-10-27)17-4-2-16(23)3-5-17/h1-6,11,13,25H,7-10H2/b14-13-. The van der Waals surface area contributed by atoms with Crippen molar-refractivity contribution in [1.82, 2.24) is 4.90 Å². The Kier molecular flexibility index (Phi) is 6.40. The SMILES string of the molecule is N#C/C(=C/Nc1cc(Cl)ccc1Cl)C(=O)N1CCN(c2ccc(F)cc2)CC1. The van der Waals surface area contributed by atoms with Gasteiger partial charge >= 0.3 is 0 Å². The van der Waals surface area contributed by atoms with Crippen LogP contribution in [0.3, 0.4) is 0 Å². The first-order chi connectivity index (χ1) is 13.5. The summed E-state index contributed by atoms with van der Waals surface area (Å²) in [5.41, 5.74) is 1.39. The predicted molar refractivity (Wildman–Crippen MR) is 109 cm³/mol. The zero-order valence-corrected chi connectivity index (χ0v) is 16.3. The van der Waals surface area contributed by atoms with E-state index in [1.807, 2.05) is 6.07 Å². The third-order valence-corrected chi connectivity index (χ3v) is 4.97. The zero-order chi connectivity index (χ0) is 20.1. The van der Waals surface area contributed by atoms with Crippen LogP contribution in [0.5, 0.6) is 0 Å². The lowest BCUT2D eigenvalue weighted by Crippen LogP contribution is -2.49. The maximum absolute atomic E-state index is 13.1. The summed E-state index contributed by atoms with van der Waals surface area (Å²) >= 11 is 12.0. The minimum Gasteiger partial charge on any atom is -0.368 e. The molecular weight excluding hydrogens is 402 g/mol. The molecule has 1 fully saturated rings. The molecule has 1 N–H and O–H groups in total. The van der Waals surface area contributed by atoms with Crippen molar-refractivity contribution in [3.63, 3.8) is 0 Å². The molecule has 144 valence electrons. The first-order valence-electron chi connectivity index (χ1n) is 8.59. The molecule has 1 amide bonds. The lowest BCUT2D eigenvalue weighted by molar-refractivity contribution is -0.127. The maximum atomic E-state index is 13.1. The third-order valence-electron chi connectivity index (χ3n) is 4.41. The number of hydrogen-bond acceptors (Lipinski definition) is 4. The number of halogens is 3. The average Bonchev–Trinajstić information content (AvgIpc) is 2.71. The fraction of sp³-hybridized carbons (Fsp3) is 0.200. The van der Waals surface area contributed by atoms with Crippen molar-refractivity contribution in [1.29, 1.82) is 5.26 Å². The second-order valence-electron chi connectivity index (χ2n) is 6.19. The molecule has 1 heterocycles. The molecule has 3 rings (SSSR count). The highest BCUT2D eigenvalue weighted by atomic mass is 35.5. The van der Waals surface area contributed by atoms with Gasteiger partial charge in [0.1, 0.15) is 17.5 Å². The fourth-order valence-electron chi connectivity index (χ4n) is 2.89. The Hall–Kier alpha value is -2.75. The Morgan fingerprint density at radius 1 is 1.11 bits per heavy atom. The predicted octanol–water partition coefficient (Wildman–Crippen LogP) is 4.30. The number of benzene rings is 2. The number of anilines is 2. The smallest absolute Gasteiger partial charge is 0.266 e. The third kappa shape index (κ3) is 4.75. The highest BCUT2D eigenvalue weighted by molar-refractivity contribution is 6.35. The van der Waals surface area contributed by atoms with E-state index in [9.17, 15) is 14.4 Å². The highest BCUT2D eigenvalue weighted by Crippen LogP contribution is 2.25. The zero-order valence-electron chi connectivity index (χ0n) is 14.8. The molecule has 0 bridgehead atoms. The Balaban J connectivity index is 1.63. The van der Waals surface area contributed by atoms with Gasteiger partial charge in [0.15, 0.2) is 0 Å². The van der Waals surface area contributed by atoms with Gasteiger partial charge < -0.3 is 15.1 Å². The van der Waals surface area contributed by atoms with Crippen molar-refractivity contribution < 1.29 is 9.18 Å². The van der Waals surface area contributed by atoms with Crippen molar-refractivity contribution in [2.24, 2.45) is 0 Å². The maximum Gasteiger partial charge on any atom is 0.266 e. The van der Waals surface area contributed by atoms with E-state index in [1.54, 1.807) is 35.2 Å². The summed E-state index contributed by atoms with van der Waals surface area (Å²) in [6, 6.07) is 13.1. The van der Waals surface area contributed by atoms with E-state index in [0.717, 1.165) is 5.69 Å². The van der Waals surface area contributed by atoms with Crippen molar-refractivity contribution >= 4 is 40.5 Å². The summed E-state index contributed by atoms with van der Waals surface area (Å²) in [7, 11) is 0. The Labute approximate surface area is 172 Å². The number of carbonyl (C=O) groups excluding carboxylic acids is 1. The topological polar surface area (TPSA) is 59.4 Å². The monoisotopic (exact) mass is 418 g/mol.